The largest absolute Gasteiger partial charge is 0.351 e. The number of sulfonamides is 1. The molecule has 1 aromatic heterocycles. The first-order valence-electron chi connectivity index (χ1n) is 8.47. The van der Waals surface area contributed by atoms with Crippen molar-refractivity contribution in [1.82, 2.24) is 20.0 Å². The molecule has 0 unspecified atom stereocenters. The number of nitro benzene ring substituents is 1. The molecular formula is C17H15F2N5O5S. The molecule has 0 radical (unpaired) electrons. The Labute approximate surface area is 168 Å². The van der Waals surface area contributed by atoms with E-state index >= 15 is 0 Å². The monoisotopic (exact) mass is 439 g/mol. The van der Waals surface area contributed by atoms with Gasteiger partial charge in [0.2, 0.25) is 10.0 Å². The lowest BCUT2D eigenvalue weighted by Gasteiger charge is -2.08. The Hall–Kier alpha value is -3.45. The quantitative estimate of drug-likeness (QED) is 0.278. The molecule has 0 aliphatic heterocycles. The van der Waals surface area contributed by atoms with Crippen molar-refractivity contribution in [2.75, 3.05) is 13.1 Å². The number of carbonyl (C=O) groups excluding carboxylic acids is 1. The number of H-pyrrole nitrogens is 1. The Kier molecular flexibility index (Phi) is 6.03. The molecule has 0 aliphatic carbocycles. The average molecular weight is 439 g/mol. The first-order chi connectivity index (χ1) is 14.2. The Bertz CT molecular complexity index is 1210. The Balaban J connectivity index is 1.58. The summed E-state index contributed by atoms with van der Waals surface area (Å²) in [5, 5.41) is 13.3. The third-order valence-electron chi connectivity index (χ3n) is 4.01. The molecule has 30 heavy (non-hydrogen) atoms. The SMILES string of the molecule is O=C(NCCNS(=O)(=O)c1cccc([N+](=O)[O-])c1)c1ccc2nc(C(F)F)[nH]c2c1. The third-order valence-corrected chi connectivity index (χ3v) is 5.47. The lowest BCUT2D eigenvalue weighted by molar-refractivity contribution is -0.385. The van der Waals surface area contributed by atoms with Gasteiger partial charge >= 0.3 is 0 Å². The van der Waals surface area contributed by atoms with E-state index in [9.17, 15) is 32.1 Å². The number of non-ortho nitro benzene ring substituents is 1. The number of aromatic nitrogens is 2. The standard InChI is InChI=1S/C17H15F2N5O5S/c18-15(19)16-22-13-5-4-10(8-14(13)23-16)17(25)20-6-7-21-30(28,29)12-3-1-2-11(9-12)24(26)27/h1-5,8-9,15,21H,6-7H2,(H,20,25)(H,22,23). The van der Waals surface area contributed by atoms with Crippen molar-refractivity contribution in [3.63, 3.8) is 0 Å². The van der Waals surface area contributed by atoms with Gasteiger partial charge in [-0.25, -0.2) is 26.9 Å². The van der Waals surface area contributed by atoms with E-state index in [0.29, 0.717) is 0 Å². The predicted octanol–water partition coefficient (Wildman–Crippen LogP) is 2.12. The Morgan fingerprint density at radius 3 is 2.67 bits per heavy atom. The van der Waals surface area contributed by atoms with Gasteiger partial charge in [0.15, 0.2) is 5.82 Å². The molecule has 10 nitrogen and oxygen atoms in total. The van der Waals surface area contributed by atoms with E-state index in [0.717, 1.165) is 6.07 Å². The first kappa shape index (κ1) is 21.3. The molecule has 0 spiro atoms. The van der Waals surface area contributed by atoms with Gasteiger partial charge in [-0.1, -0.05) is 6.07 Å². The maximum absolute atomic E-state index is 12.7. The van der Waals surface area contributed by atoms with Crippen molar-refractivity contribution in [3.05, 3.63) is 64.0 Å². The second-order valence-corrected chi connectivity index (χ2v) is 7.83. The molecule has 0 saturated carbocycles. The zero-order valence-corrected chi connectivity index (χ0v) is 15.9. The molecule has 13 heteroatoms. The molecule has 0 saturated heterocycles. The first-order valence-corrected chi connectivity index (χ1v) is 9.96. The molecular weight excluding hydrogens is 424 g/mol. The normalized spacial score (nSPS) is 11.7. The second kappa shape index (κ2) is 8.51. The fourth-order valence-electron chi connectivity index (χ4n) is 2.58. The summed E-state index contributed by atoms with van der Waals surface area (Å²) in [6.07, 6.45) is -2.77. The van der Waals surface area contributed by atoms with Gasteiger partial charge in [-0.05, 0) is 24.3 Å². The number of carbonyl (C=O) groups is 1. The fraction of sp³-hybridized carbons (Fsp3) is 0.176. The fourth-order valence-corrected chi connectivity index (χ4v) is 3.66. The van der Waals surface area contributed by atoms with Crippen molar-refractivity contribution in [2.24, 2.45) is 0 Å². The van der Waals surface area contributed by atoms with Crippen molar-refractivity contribution < 1.29 is 26.9 Å². The van der Waals surface area contributed by atoms with E-state index in [1.807, 2.05) is 0 Å². The van der Waals surface area contributed by atoms with Crippen LogP contribution in [0.3, 0.4) is 0 Å². The molecule has 1 heterocycles. The van der Waals surface area contributed by atoms with Gasteiger partial charge in [0.25, 0.3) is 18.0 Å². The number of nitrogens with one attached hydrogen (secondary N) is 3. The van der Waals surface area contributed by atoms with E-state index < -0.39 is 33.1 Å². The molecule has 3 aromatic rings. The zero-order valence-electron chi connectivity index (χ0n) is 15.1. The van der Waals surface area contributed by atoms with Crippen LogP contribution in [0.5, 0.6) is 0 Å². The topological polar surface area (TPSA) is 147 Å². The molecule has 3 N–H and O–H groups in total. The summed E-state index contributed by atoms with van der Waals surface area (Å²) in [6, 6.07) is 8.73. The summed E-state index contributed by atoms with van der Waals surface area (Å²) < 4.78 is 52.0. The summed E-state index contributed by atoms with van der Waals surface area (Å²) in [5.41, 5.74) is 0.361. The van der Waals surface area contributed by atoms with Gasteiger partial charge in [-0.15, -0.1) is 0 Å². The van der Waals surface area contributed by atoms with E-state index in [2.05, 4.69) is 20.0 Å². The molecule has 158 valence electrons. The average Bonchev–Trinajstić information content (AvgIpc) is 3.15. The van der Waals surface area contributed by atoms with Gasteiger partial charge in [0.1, 0.15) is 0 Å². The van der Waals surface area contributed by atoms with Gasteiger partial charge in [-0.2, -0.15) is 0 Å². The minimum atomic E-state index is -4.00. The molecule has 0 bridgehead atoms. The Morgan fingerprint density at radius 2 is 1.97 bits per heavy atom. The van der Waals surface area contributed by atoms with E-state index in [-0.39, 0.29) is 40.3 Å². The summed E-state index contributed by atoms with van der Waals surface area (Å²) in [5.74, 6) is -1.04. The molecule has 2 aromatic carbocycles. The second-order valence-electron chi connectivity index (χ2n) is 6.06. The van der Waals surface area contributed by atoms with Crippen molar-refractivity contribution in [1.29, 1.82) is 0 Å². The number of benzene rings is 2. The number of fused-ring (bicyclic) bond motifs is 1. The van der Waals surface area contributed by atoms with Crippen LogP contribution in [-0.2, 0) is 10.0 Å². The Morgan fingerprint density at radius 1 is 1.20 bits per heavy atom. The van der Waals surface area contributed by atoms with Crippen molar-refractivity contribution >= 4 is 32.7 Å². The molecule has 0 fully saturated rings. The van der Waals surface area contributed by atoms with Crippen LogP contribution < -0.4 is 10.0 Å². The minimum absolute atomic E-state index is 0.0731. The van der Waals surface area contributed by atoms with Crippen LogP contribution >= 0.6 is 0 Å². The number of amides is 1. The lowest BCUT2D eigenvalue weighted by atomic mass is 10.2. The number of nitro groups is 1. The van der Waals surface area contributed by atoms with Crippen LogP contribution in [0.25, 0.3) is 11.0 Å². The van der Waals surface area contributed by atoms with Gasteiger partial charge < -0.3 is 10.3 Å². The number of rotatable bonds is 8. The number of hydrogen-bond donors (Lipinski definition) is 3. The van der Waals surface area contributed by atoms with Crippen LogP contribution in [0.2, 0.25) is 0 Å². The molecule has 1 amide bonds. The summed E-state index contributed by atoms with van der Waals surface area (Å²) in [7, 11) is -4.00. The highest BCUT2D eigenvalue weighted by atomic mass is 32.2. The van der Waals surface area contributed by atoms with Crippen molar-refractivity contribution in [2.45, 2.75) is 11.3 Å². The number of nitrogens with zero attached hydrogens (tertiary/aromatic N) is 2. The van der Waals surface area contributed by atoms with Crippen LogP contribution in [-0.4, -0.2) is 42.3 Å². The lowest BCUT2D eigenvalue weighted by Crippen LogP contribution is -2.34. The number of alkyl halides is 2. The highest BCUT2D eigenvalue weighted by Gasteiger charge is 2.18. The molecule has 0 atom stereocenters. The maximum Gasteiger partial charge on any atom is 0.295 e. The van der Waals surface area contributed by atoms with Crippen LogP contribution in [0.4, 0.5) is 14.5 Å². The van der Waals surface area contributed by atoms with Gasteiger partial charge in [0, 0.05) is 30.8 Å². The van der Waals surface area contributed by atoms with E-state index in [1.54, 1.807) is 0 Å². The van der Waals surface area contributed by atoms with Gasteiger partial charge in [0.05, 0.1) is 20.9 Å². The number of aromatic amines is 1. The molecule has 3 rings (SSSR count). The zero-order chi connectivity index (χ0) is 21.9. The van der Waals surface area contributed by atoms with Gasteiger partial charge in [-0.3, -0.25) is 14.9 Å². The number of imidazole rings is 1. The van der Waals surface area contributed by atoms with Crippen molar-refractivity contribution in [3.8, 4) is 0 Å². The van der Waals surface area contributed by atoms with E-state index in [4.69, 9.17) is 0 Å². The van der Waals surface area contributed by atoms with Crippen LogP contribution in [0.1, 0.15) is 22.6 Å². The molecule has 0 aliphatic rings. The number of hydrogen-bond acceptors (Lipinski definition) is 6. The highest BCUT2D eigenvalue weighted by Crippen LogP contribution is 2.20. The van der Waals surface area contributed by atoms with Crippen LogP contribution in [0.15, 0.2) is 47.4 Å². The number of halogens is 2. The minimum Gasteiger partial charge on any atom is -0.351 e. The highest BCUT2D eigenvalue weighted by molar-refractivity contribution is 7.89. The van der Waals surface area contributed by atoms with Crippen LogP contribution in [0, 0.1) is 10.1 Å². The predicted molar refractivity (Wildman–Crippen MR) is 102 cm³/mol. The third kappa shape index (κ3) is 4.75. The summed E-state index contributed by atoms with van der Waals surface area (Å²) in [6.45, 7) is -0.241. The smallest absolute Gasteiger partial charge is 0.295 e. The summed E-state index contributed by atoms with van der Waals surface area (Å²) in [4.78, 5) is 28.1. The maximum atomic E-state index is 12.7. The van der Waals surface area contributed by atoms with E-state index in [1.165, 1.54) is 36.4 Å². The summed E-state index contributed by atoms with van der Waals surface area (Å²) >= 11 is 0.